The second kappa shape index (κ2) is 5.74. The summed E-state index contributed by atoms with van der Waals surface area (Å²) in [5.74, 6) is -0.0566. The summed E-state index contributed by atoms with van der Waals surface area (Å²) in [6.45, 7) is 3.93. The summed E-state index contributed by atoms with van der Waals surface area (Å²) >= 11 is 0. The second-order valence-corrected chi connectivity index (χ2v) is 4.77. The van der Waals surface area contributed by atoms with Crippen LogP contribution in [0.2, 0.25) is 0 Å². The van der Waals surface area contributed by atoms with E-state index in [9.17, 15) is 4.79 Å². The molecule has 0 spiro atoms. The molecule has 0 aliphatic carbocycles. The second-order valence-electron chi connectivity index (χ2n) is 4.77. The van der Waals surface area contributed by atoms with E-state index in [-0.39, 0.29) is 5.91 Å². The average Bonchev–Trinajstić information content (AvgIpc) is 2.70. The van der Waals surface area contributed by atoms with Crippen LogP contribution in [0.1, 0.15) is 17.0 Å². The molecule has 1 heterocycles. The summed E-state index contributed by atoms with van der Waals surface area (Å²) in [7, 11) is 3.67. The number of rotatable bonds is 3. The number of likely N-dealkylation sites (N-methyl/N-ethyl adjacent to an activating group) is 1. The molecule has 0 fully saturated rings. The number of aryl methyl sites for hydroxylation is 2. The Balaban J connectivity index is 2.17. The van der Waals surface area contributed by atoms with Crippen molar-refractivity contribution >= 4 is 17.7 Å². The number of anilines is 1. The summed E-state index contributed by atoms with van der Waals surface area (Å²) in [6.07, 6.45) is 3.42. The summed E-state index contributed by atoms with van der Waals surface area (Å²) in [5, 5.41) is 4.33. The summed E-state index contributed by atoms with van der Waals surface area (Å²) in [4.78, 5) is 13.8. The minimum Gasteiger partial charge on any atom is -0.312 e. The van der Waals surface area contributed by atoms with E-state index in [0.717, 1.165) is 22.6 Å². The van der Waals surface area contributed by atoms with Crippen molar-refractivity contribution in [3.63, 3.8) is 0 Å². The Labute approximate surface area is 119 Å². The van der Waals surface area contributed by atoms with Gasteiger partial charge in [0.05, 0.1) is 5.69 Å². The molecular formula is C16H19N3O. The number of nitrogens with zero attached hydrogens (tertiary/aromatic N) is 3. The maximum absolute atomic E-state index is 12.2. The molecule has 20 heavy (non-hydrogen) atoms. The molecular weight excluding hydrogens is 250 g/mol. The number of carbonyl (C=O) groups is 1. The fraction of sp³-hybridized carbons (Fsp3) is 0.250. The molecule has 2 rings (SSSR count). The number of hydrogen-bond acceptors (Lipinski definition) is 2. The Bertz CT molecular complexity index is 641. The lowest BCUT2D eigenvalue weighted by molar-refractivity contribution is -0.113. The van der Waals surface area contributed by atoms with E-state index in [1.165, 1.54) is 0 Å². The van der Waals surface area contributed by atoms with Gasteiger partial charge in [-0.1, -0.05) is 18.2 Å². The lowest BCUT2D eigenvalue weighted by atomic mass is 10.2. The molecule has 0 bridgehead atoms. The first-order valence-corrected chi connectivity index (χ1v) is 6.51. The van der Waals surface area contributed by atoms with Crippen LogP contribution in [-0.4, -0.2) is 22.7 Å². The van der Waals surface area contributed by atoms with Crippen molar-refractivity contribution in [1.82, 2.24) is 9.78 Å². The third kappa shape index (κ3) is 2.79. The lowest BCUT2D eigenvalue weighted by Gasteiger charge is -2.14. The molecule has 0 radical (unpaired) electrons. The highest BCUT2D eigenvalue weighted by atomic mass is 16.2. The van der Waals surface area contributed by atoms with Crippen molar-refractivity contribution in [2.45, 2.75) is 13.8 Å². The lowest BCUT2D eigenvalue weighted by Crippen LogP contribution is -2.23. The van der Waals surface area contributed by atoms with Gasteiger partial charge >= 0.3 is 0 Å². The Kier molecular flexibility index (Phi) is 4.03. The predicted octanol–water partition coefficient (Wildman–Crippen LogP) is 2.71. The molecule has 104 valence electrons. The molecule has 1 aromatic carbocycles. The number of benzene rings is 1. The minimum atomic E-state index is -0.0566. The molecule has 0 atom stereocenters. The highest BCUT2D eigenvalue weighted by Gasteiger charge is 2.09. The molecule has 0 saturated heterocycles. The first kappa shape index (κ1) is 14.1. The molecule has 0 N–H and O–H groups in total. The van der Waals surface area contributed by atoms with Crippen molar-refractivity contribution in [2.24, 2.45) is 7.05 Å². The van der Waals surface area contributed by atoms with E-state index in [4.69, 9.17) is 0 Å². The highest BCUT2D eigenvalue weighted by Crippen LogP contribution is 2.15. The van der Waals surface area contributed by atoms with Gasteiger partial charge in [-0.3, -0.25) is 9.48 Å². The Morgan fingerprint density at radius 3 is 2.45 bits per heavy atom. The molecule has 0 aliphatic rings. The molecule has 2 aromatic rings. The number of aromatic nitrogens is 2. The topological polar surface area (TPSA) is 38.1 Å². The fourth-order valence-electron chi connectivity index (χ4n) is 2.08. The van der Waals surface area contributed by atoms with E-state index in [2.05, 4.69) is 5.10 Å². The Morgan fingerprint density at radius 1 is 1.25 bits per heavy atom. The van der Waals surface area contributed by atoms with Crippen LogP contribution < -0.4 is 4.90 Å². The van der Waals surface area contributed by atoms with Crippen molar-refractivity contribution in [2.75, 3.05) is 11.9 Å². The highest BCUT2D eigenvalue weighted by molar-refractivity contribution is 6.03. The summed E-state index contributed by atoms with van der Waals surface area (Å²) < 4.78 is 1.82. The molecule has 1 aromatic heterocycles. The van der Waals surface area contributed by atoms with Gasteiger partial charge in [-0.25, -0.2) is 0 Å². The smallest absolute Gasteiger partial charge is 0.250 e. The minimum absolute atomic E-state index is 0.0566. The Hall–Kier alpha value is -2.36. The third-order valence-corrected chi connectivity index (χ3v) is 3.43. The van der Waals surface area contributed by atoms with Gasteiger partial charge in [0.2, 0.25) is 0 Å². The van der Waals surface area contributed by atoms with E-state index >= 15 is 0 Å². The van der Waals surface area contributed by atoms with Gasteiger partial charge in [-0.2, -0.15) is 5.10 Å². The van der Waals surface area contributed by atoms with Gasteiger partial charge in [0.1, 0.15) is 0 Å². The van der Waals surface area contributed by atoms with Gasteiger partial charge in [-0.15, -0.1) is 0 Å². The van der Waals surface area contributed by atoms with Crippen LogP contribution in [0.5, 0.6) is 0 Å². The predicted molar refractivity (Wildman–Crippen MR) is 81.6 cm³/mol. The van der Waals surface area contributed by atoms with E-state index in [1.54, 1.807) is 18.0 Å². The van der Waals surface area contributed by atoms with E-state index < -0.39 is 0 Å². The zero-order valence-corrected chi connectivity index (χ0v) is 12.3. The maximum Gasteiger partial charge on any atom is 0.250 e. The van der Waals surface area contributed by atoms with Crippen LogP contribution in [-0.2, 0) is 11.8 Å². The van der Waals surface area contributed by atoms with E-state index in [1.807, 2.05) is 62.0 Å². The molecule has 1 amide bonds. The fourth-order valence-corrected chi connectivity index (χ4v) is 2.08. The van der Waals surface area contributed by atoms with Gasteiger partial charge in [0, 0.05) is 37.1 Å². The average molecular weight is 269 g/mol. The number of para-hydroxylation sites is 1. The SMILES string of the molecule is Cc1nn(C)c(C)c1/C=C/C(=O)N(C)c1ccccc1. The van der Waals surface area contributed by atoms with Gasteiger partial charge in [0.25, 0.3) is 5.91 Å². The zero-order chi connectivity index (χ0) is 14.7. The van der Waals surface area contributed by atoms with Gasteiger partial charge in [-0.05, 0) is 32.1 Å². The van der Waals surface area contributed by atoms with Crippen molar-refractivity contribution in [1.29, 1.82) is 0 Å². The standard InChI is InChI=1S/C16H19N3O/c1-12-15(13(2)19(4)17-12)10-11-16(20)18(3)14-8-6-5-7-9-14/h5-11H,1-4H3/b11-10+. The Morgan fingerprint density at radius 2 is 1.90 bits per heavy atom. The van der Waals surface area contributed by atoms with Gasteiger partial charge in [0.15, 0.2) is 0 Å². The summed E-state index contributed by atoms with van der Waals surface area (Å²) in [5.41, 5.74) is 3.86. The molecule has 4 nitrogen and oxygen atoms in total. The monoisotopic (exact) mass is 269 g/mol. The van der Waals surface area contributed by atoms with Crippen LogP contribution in [0.15, 0.2) is 36.4 Å². The number of carbonyl (C=O) groups excluding carboxylic acids is 1. The molecule has 0 unspecified atom stereocenters. The van der Waals surface area contributed by atoms with Crippen LogP contribution in [0, 0.1) is 13.8 Å². The first-order chi connectivity index (χ1) is 9.50. The van der Waals surface area contributed by atoms with Crippen molar-refractivity contribution in [3.8, 4) is 0 Å². The van der Waals surface area contributed by atoms with Crippen LogP contribution in [0.3, 0.4) is 0 Å². The van der Waals surface area contributed by atoms with Crippen molar-refractivity contribution < 1.29 is 4.79 Å². The normalized spacial score (nSPS) is 11.0. The first-order valence-electron chi connectivity index (χ1n) is 6.51. The largest absolute Gasteiger partial charge is 0.312 e. The number of hydrogen-bond donors (Lipinski definition) is 0. The van der Waals surface area contributed by atoms with Crippen molar-refractivity contribution in [3.05, 3.63) is 53.4 Å². The summed E-state index contributed by atoms with van der Waals surface area (Å²) in [6, 6.07) is 9.58. The van der Waals surface area contributed by atoms with Crippen LogP contribution >= 0.6 is 0 Å². The molecule has 0 aliphatic heterocycles. The van der Waals surface area contributed by atoms with Crippen LogP contribution in [0.4, 0.5) is 5.69 Å². The molecule has 0 saturated carbocycles. The quantitative estimate of drug-likeness (QED) is 0.804. The number of amides is 1. The molecule has 4 heteroatoms. The van der Waals surface area contributed by atoms with Crippen LogP contribution in [0.25, 0.3) is 6.08 Å². The third-order valence-electron chi connectivity index (χ3n) is 3.43. The van der Waals surface area contributed by atoms with Gasteiger partial charge < -0.3 is 4.90 Å². The van der Waals surface area contributed by atoms with E-state index in [0.29, 0.717) is 0 Å². The maximum atomic E-state index is 12.2. The zero-order valence-electron chi connectivity index (χ0n) is 12.3.